The van der Waals surface area contributed by atoms with Crippen molar-refractivity contribution in [3.05, 3.63) is 23.8 Å². The maximum Gasteiger partial charge on any atom is 0.161 e. The van der Waals surface area contributed by atoms with Crippen molar-refractivity contribution in [2.24, 2.45) is 0 Å². The standard InChI is InChI=1S/C17H28N2O2/c1-5-19-10-6-7-15(19)12-18-13(2)14-8-9-16(20-3)17(11-14)21-4/h8-9,11,13,15,18H,5-7,10,12H2,1-4H3. The Balaban J connectivity index is 1.95. The van der Waals surface area contributed by atoms with Crippen molar-refractivity contribution in [2.75, 3.05) is 33.9 Å². The van der Waals surface area contributed by atoms with Crippen LogP contribution in [0.2, 0.25) is 0 Å². The first-order valence-electron chi connectivity index (χ1n) is 7.89. The number of hydrogen-bond acceptors (Lipinski definition) is 4. The summed E-state index contributed by atoms with van der Waals surface area (Å²) in [6.45, 7) is 7.89. The quantitative estimate of drug-likeness (QED) is 0.838. The molecule has 1 saturated heterocycles. The van der Waals surface area contributed by atoms with Gasteiger partial charge in [-0.1, -0.05) is 13.0 Å². The van der Waals surface area contributed by atoms with E-state index in [4.69, 9.17) is 9.47 Å². The van der Waals surface area contributed by atoms with E-state index in [9.17, 15) is 0 Å². The van der Waals surface area contributed by atoms with Gasteiger partial charge in [0.25, 0.3) is 0 Å². The molecule has 2 atom stereocenters. The van der Waals surface area contributed by atoms with Gasteiger partial charge in [0.1, 0.15) is 0 Å². The zero-order valence-electron chi connectivity index (χ0n) is 13.7. The van der Waals surface area contributed by atoms with Gasteiger partial charge in [0.15, 0.2) is 11.5 Å². The highest BCUT2D eigenvalue weighted by atomic mass is 16.5. The minimum absolute atomic E-state index is 0.309. The highest BCUT2D eigenvalue weighted by Crippen LogP contribution is 2.30. The summed E-state index contributed by atoms with van der Waals surface area (Å²) >= 11 is 0. The number of likely N-dealkylation sites (tertiary alicyclic amines) is 1. The predicted molar refractivity (Wildman–Crippen MR) is 86.2 cm³/mol. The van der Waals surface area contributed by atoms with Gasteiger partial charge in [0.05, 0.1) is 14.2 Å². The highest BCUT2D eigenvalue weighted by Gasteiger charge is 2.23. The molecule has 1 aliphatic heterocycles. The second-order valence-corrected chi connectivity index (χ2v) is 5.67. The summed E-state index contributed by atoms with van der Waals surface area (Å²) < 4.78 is 10.7. The van der Waals surface area contributed by atoms with Gasteiger partial charge >= 0.3 is 0 Å². The fourth-order valence-corrected chi connectivity index (χ4v) is 3.10. The molecular formula is C17H28N2O2. The molecule has 0 amide bonds. The fraction of sp³-hybridized carbons (Fsp3) is 0.647. The minimum Gasteiger partial charge on any atom is -0.493 e. The van der Waals surface area contributed by atoms with Gasteiger partial charge in [-0.2, -0.15) is 0 Å². The maximum absolute atomic E-state index is 5.38. The van der Waals surface area contributed by atoms with Crippen molar-refractivity contribution < 1.29 is 9.47 Å². The van der Waals surface area contributed by atoms with Gasteiger partial charge in [-0.05, 0) is 50.6 Å². The molecule has 2 unspecified atom stereocenters. The van der Waals surface area contributed by atoms with Crippen molar-refractivity contribution in [3.8, 4) is 11.5 Å². The van der Waals surface area contributed by atoms with Crippen molar-refractivity contribution in [3.63, 3.8) is 0 Å². The molecule has 4 nitrogen and oxygen atoms in total. The molecule has 0 saturated carbocycles. The van der Waals surface area contributed by atoms with Crippen LogP contribution in [0.1, 0.15) is 38.3 Å². The minimum atomic E-state index is 0.309. The lowest BCUT2D eigenvalue weighted by atomic mass is 10.1. The fourth-order valence-electron chi connectivity index (χ4n) is 3.10. The summed E-state index contributed by atoms with van der Waals surface area (Å²) in [5, 5.41) is 3.66. The summed E-state index contributed by atoms with van der Waals surface area (Å²) in [5.41, 5.74) is 1.23. The number of benzene rings is 1. The second kappa shape index (κ2) is 7.66. The Morgan fingerprint density at radius 3 is 2.71 bits per heavy atom. The summed E-state index contributed by atoms with van der Waals surface area (Å²) in [7, 11) is 3.34. The van der Waals surface area contributed by atoms with E-state index in [-0.39, 0.29) is 0 Å². The summed E-state index contributed by atoms with van der Waals surface area (Å²) in [4.78, 5) is 2.56. The molecule has 1 aromatic rings. The lowest BCUT2D eigenvalue weighted by molar-refractivity contribution is 0.255. The Kier molecular flexibility index (Phi) is 5.88. The molecule has 0 spiro atoms. The van der Waals surface area contributed by atoms with Crippen LogP contribution in [-0.2, 0) is 0 Å². The molecule has 1 aromatic carbocycles. The van der Waals surface area contributed by atoms with Crippen LogP contribution in [0.4, 0.5) is 0 Å². The van der Waals surface area contributed by atoms with Crippen LogP contribution in [-0.4, -0.2) is 44.8 Å². The molecule has 118 valence electrons. The third-order valence-electron chi connectivity index (χ3n) is 4.47. The maximum atomic E-state index is 5.38. The SMILES string of the molecule is CCN1CCCC1CNC(C)c1ccc(OC)c(OC)c1. The third-order valence-corrected chi connectivity index (χ3v) is 4.47. The van der Waals surface area contributed by atoms with Crippen LogP contribution in [0.25, 0.3) is 0 Å². The van der Waals surface area contributed by atoms with E-state index in [1.54, 1.807) is 14.2 Å². The molecule has 1 heterocycles. The van der Waals surface area contributed by atoms with E-state index < -0.39 is 0 Å². The van der Waals surface area contributed by atoms with Gasteiger partial charge in [-0.3, -0.25) is 4.90 Å². The lowest BCUT2D eigenvalue weighted by Gasteiger charge is -2.25. The molecule has 21 heavy (non-hydrogen) atoms. The Morgan fingerprint density at radius 2 is 2.05 bits per heavy atom. The lowest BCUT2D eigenvalue weighted by Crippen LogP contribution is -2.38. The summed E-state index contributed by atoms with van der Waals surface area (Å²) in [6.07, 6.45) is 2.63. The van der Waals surface area contributed by atoms with Crippen LogP contribution in [0.15, 0.2) is 18.2 Å². The van der Waals surface area contributed by atoms with Gasteiger partial charge in [-0.25, -0.2) is 0 Å². The van der Waals surface area contributed by atoms with Gasteiger partial charge in [0.2, 0.25) is 0 Å². The van der Waals surface area contributed by atoms with Gasteiger partial charge in [-0.15, -0.1) is 0 Å². The first-order valence-corrected chi connectivity index (χ1v) is 7.89. The molecule has 1 N–H and O–H groups in total. The van der Waals surface area contributed by atoms with Crippen LogP contribution < -0.4 is 14.8 Å². The zero-order chi connectivity index (χ0) is 15.2. The number of methoxy groups -OCH3 is 2. The number of nitrogens with one attached hydrogen (secondary N) is 1. The van der Waals surface area contributed by atoms with Crippen LogP contribution in [0.3, 0.4) is 0 Å². The molecule has 0 aromatic heterocycles. The van der Waals surface area contributed by atoms with Gasteiger partial charge < -0.3 is 14.8 Å². The van der Waals surface area contributed by atoms with E-state index in [1.807, 2.05) is 6.07 Å². The molecule has 2 rings (SSSR count). The molecule has 1 fully saturated rings. The van der Waals surface area contributed by atoms with E-state index in [2.05, 4.69) is 36.2 Å². The van der Waals surface area contributed by atoms with Crippen molar-refractivity contribution in [1.29, 1.82) is 0 Å². The molecular weight excluding hydrogens is 264 g/mol. The van der Waals surface area contributed by atoms with E-state index >= 15 is 0 Å². The Hall–Kier alpha value is -1.26. The van der Waals surface area contributed by atoms with Crippen molar-refractivity contribution >= 4 is 0 Å². The third kappa shape index (κ3) is 3.89. The average molecular weight is 292 g/mol. The Bertz CT molecular complexity index is 450. The van der Waals surface area contributed by atoms with E-state index in [0.29, 0.717) is 12.1 Å². The molecule has 1 aliphatic rings. The Labute approximate surface area is 128 Å². The predicted octanol–water partition coefficient (Wildman–Crippen LogP) is 2.84. The van der Waals surface area contributed by atoms with Crippen molar-refractivity contribution in [1.82, 2.24) is 10.2 Å². The van der Waals surface area contributed by atoms with Gasteiger partial charge in [0, 0.05) is 18.6 Å². The van der Waals surface area contributed by atoms with Crippen LogP contribution >= 0.6 is 0 Å². The second-order valence-electron chi connectivity index (χ2n) is 5.67. The normalized spacial score (nSPS) is 20.5. The number of ether oxygens (including phenoxy) is 2. The summed E-state index contributed by atoms with van der Waals surface area (Å²) in [5.74, 6) is 1.57. The van der Waals surface area contributed by atoms with Crippen molar-refractivity contribution in [2.45, 2.75) is 38.8 Å². The topological polar surface area (TPSA) is 33.7 Å². The largest absolute Gasteiger partial charge is 0.493 e. The monoisotopic (exact) mass is 292 g/mol. The Morgan fingerprint density at radius 1 is 1.29 bits per heavy atom. The van der Waals surface area contributed by atoms with Crippen LogP contribution in [0.5, 0.6) is 11.5 Å². The average Bonchev–Trinajstić information content (AvgIpc) is 2.99. The number of likely N-dealkylation sites (N-methyl/N-ethyl adjacent to an activating group) is 1. The number of nitrogens with zero attached hydrogens (tertiary/aromatic N) is 1. The highest BCUT2D eigenvalue weighted by molar-refractivity contribution is 5.43. The molecule has 4 heteroatoms. The van der Waals surface area contributed by atoms with E-state index in [1.165, 1.54) is 24.9 Å². The molecule has 0 radical (unpaired) electrons. The van der Waals surface area contributed by atoms with Crippen LogP contribution in [0, 0.1) is 0 Å². The van der Waals surface area contributed by atoms with E-state index in [0.717, 1.165) is 24.6 Å². The first kappa shape index (κ1) is 16.1. The smallest absolute Gasteiger partial charge is 0.161 e. The first-order chi connectivity index (χ1) is 10.2. The number of rotatable bonds is 7. The molecule has 0 bridgehead atoms. The summed E-state index contributed by atoms with van der Waals surface area (Å²) in [6, 6.07) is 7.12. The molecule has 0 aliphatic carbocycles. The zero-order valence-corrected chi connectivity index (χ0v) is 13.7. The number of hydrogen-bond donors (Lipinski definition) is 1.